The van der Waals surface area contributed by atoms with E-state index in [4.69, 9.17) is 0 Å². The monoisotopic (exact) mass is 325 g/mol. The molecule has 0 bridgehead atoms. The van der Waals surface area contributed by atoms with Crippen LogP contribution in [0.15, 0.2) is 18.2 Å². The van der Waals surface area contributed by atoms with Gasteiger partial charge in [0.15, 0.2) is 5.75 Å². The van der Waals surface area contributed by atoms with Gasteiger partial charge in [-0.1, -0.05) is 0 Å². The molecular weight excluding hydrogens is 308 g/mol. The molecule has 1 aliphatic heterocycles. The second-order valence-corrected chi connectivity index (χ2v) is 5.66. The molecule has 2 N–H and O–H groups in total. The van der Waals surface area contributed by atoms with Crippen LogP contribution in [0.25, 0.3) is 0 Å². The molecule has 0 atom stereocenters. The summed E-state index contributed by atoms with van der Waals surface area (Å²) in [6.07, 6.45) is -1.78. The minimum atomic E-state index is -3.91. The highest BCUT2D eigenvalue weighted by Crippen LogP contribution is 2.41. The fraction of sp³-hybridized carbons (Fsp3) is 0.467. The number of carbonyl (C=O) groups is 2. The first-order valence-electron chi connectivity index (χ1n) is 7.40. The topological polar surface area (TPSA) is 70.7 Å². The van der Waals surface area contributed by atoms with Gasteiger partial charge in [0.05, 0.1) is 5.69 Å². The normalized spacial score (nSPS) is 18.9. The van der Waals surface area contributed by atoms with E-state index in [0.29, 0.717) is 6.04 Å². The number of benzene rings is 1. The Bertz CT molecular complexity index is 647. The molecule has 1 saturated carbocycles. The van der Waals surface area contributed by atoms with E-state index in [9.17, 15) is 18.4 Å². The Hall–Kier alpha value is -2.38. The Morgan fingerprint density at radius 3 is 2.83 bits per heavy atom. The first-order valence-corrected chi connectivity index (χ1v) is 7.40. The molecule has 0 radical (unpaired) electrons. The predicted octanol–water partition coefficient (Wildman–Crippen LogP) is 1.72. The molecule has 1 heterocycles. The molecule has 6 nitrogen and oxygen atoms in total. The summed E-state index contributed by atoms with van der Waals surface area (Å²) in [6.45, 7) is 1.34. The summed E-state index contributed by atoms with van der Waals surface area (Å²) in [7, 11) is 0. The number of ether oxygens (including phenoxy) is 1. The molecule has 1 aromatic carbocycles. The van der Waals surface area contributed by atoms with Gasteiger partial charge in [-0.25, -0.2) is 0 Å². The fourth-order valence-electron chi connectivity index (χ4n) is 2.38. The van der Waals surface area contributed by atoms with E-state index in [1.54, 1.807) is 12.1 Å². The SMILES string of the molecule is CC(=O)NCCN1C(=O)C(F)(F)Oc2ccc(NC3CC3)cc21. The van der Waals surface area contributed by atoms with Gasteiger partial charge in [-0.05, 0) is 31.0 Å². The van der Waals surface area contributed by atoms with Crippen LogP contribution < -0.4 is 20.3 Å². The van der Waals surface area contributed by atoms with Crippen molar-refractivity contribution in [1.82, 2.24) is 5.32 Å². The van der Waals surface area contributed by atoms with E-state index in [-0.39, 0.29) is 30.4 Å². The molecule has 1 fully saturated rings. The Labute approximate surface area is 131 Å². The molecule has 0 unspecified atom stereocenters. The van der Waals surface area contributed by atoms with Crippen molar-refractivity contribution in [2.24, 2.45) is 0 Å². The average Bonchev–Trinajstić information content (AvgIpc) is 3.27. The minimum absolute atomic E-state index is 0.0567. The summed E-state index contributed by atoms with van der Waals surface area (Å²) in [5, 5.41) is 5.74. The first kappa shape index (κ1) is 15.5. The number of nitrogens with zero attached hydrogens (tertiary/aromatic N) is 1. The number of anilines is 2. The van der Waals surface area contributed by atoms with Gasteiger partial charge in [-0.3, -0.25) is 14.5 Å². The van der Waals surface area contributed by atoms with Crippen molar-refractivity contribution >= 4 is 23.2 Å². The van der Waals surface area contributed by atoms with Crippen LogP contribution in [-0.2, 0) is 9.59 Å². The number of halogens is 2. The lowest BCUT2D eigenvalue weighted by atomic mass is 10.2. The number of carbonyl (C=O) groups excluding carboxylic acids is 2. The van der Waals surface area contributed by atoms with Crippen molar-refractivity contribution in [3.8, 4) is 5.75 Å². The molecule has 3 rings (SSSR count). The molecule has 0 spiro atoms. The summed E-state index contributed by atoms with van der Waals surface area (Å²) in [6, 6.07) is 5.08. The lowest BCUT2D eigenvalue weighted by Crippen LogP contribution is -2.52. The second-order valence-electron chi connectivity index (χ2n) is 5.66. The highest BCUT2D eigenvalue weighted by Gasteiger charge is 2.50. The molecule has 0 aromatic heterocycles. The zero-order chi connectivity index (χ0) is 16.6. The number of amides is 2. The van der Waals surface area contributed by atoms with Gasteiger partial charge >= 0.3 is 12.0 Å². The van der Waals surface area contributed by atoms with Crippen molar-refractivity contribution < 1.29 is 23.1 Å². The zero-order valence-electron chi connectivity index (χ0n) is 12.6. The van der Waals surface area contributed by atoms with Crippen LogP contribution in [0.4, 0.5) is 20.2 Å². The Balaban J connectivity index is 1.86. The van der Waals surface area contributed by atoms with Gasteiger partial charge in [0.2, 0.25) is 5.91 Å². The molecule has 1 aromatic rings. The van der Waals surface area contributed by atoms with Crippen LogP contribution in [0.3, 0.4) is 0 Å². The maximum absolute atomic E-state index is 13.7. The Morgan fingerprint density at radius 1 is 1.43 bits per heavy atom. The van der Waals surface area contributed by atoms with E-state index >= 15 is 0 Å². The largest absolute Gasteiger partial charge is 0.482 e. The van der Waals surface area contributed by atoms with Gasteiger partial charge < -0.3 is 15.4 Å². The predicted molar refractivity (Wildman–Crippen MR) is 79.7 cm³/mol. The number of hydrogen-bond donors (Lipinski definition) is 2. The van der Waals surface area contributed by atoms with Crippen molar-refractivity contribution in [1.29, 1.82) is 0 Å². The lowest BCUT2D eigenvalue weighted by molar-refractivity contribution is -0.192. The highest BCUT2D eigenvalue weighted by molar-refractivity contribution is 6.01. The molecular formula is C15H17F2N3O3. The van der Waals surface area contributed by atoms with Gasteiger partial charge in [0.1, 0.15) is 0 Å². The first-order chi connectivity index (χ1) is 10.9. The van der Waals surface area contributed by atoms with Crippen LogP contribution in [0.2, 0.25) is 0 Å². The Morgan fingerprint density at radius 2 is 2.17 bits per heavy atom. The number of nitrogens with one attached hydrogen (secondary N) is 2. The van der Waals surface area contributed by atoms with Crippen molar-refractivity contribution in [2.75, 3.05) is 23.3 Å². The van der Waals surface area contributed by atoms with Crippen LogP contribution in [0, 0.1) is 0 Å². The summed E-state index contributed by atoms with van der Waals surface area (Å²) < 4.78 is 32.0. The molecule has 2 amide bonds. The van der Waals surface area contributed by atoms with E-state index in [1.165, 1.54) is 13.0 Å². The molecule has 23 heavy (non-hydrogen) atoms. The number of hydrogen-bond acceptors (Lipinski definition) is 4. The second kappa shape index (κ2) is 5.68. The quantitative estimate of drug-likeness (QED) is 0.865. The molecule has 8 heteroatoms. The van der Waals surface area contributed by atoms with Crippen LogP contribution in [0.5, 0.6) is 5.75 Å². The molecule has 2 aliphatic rings. The lowest BCUT2D eigenvalue weighted by Gasteiger charge is -2.33. The van der Waals surface area contributed by atoms with Gasteiger partial charge in [-0.2, -0.15) is 8.78 Å². The van der Waals surface area contributed by atoms with Gasteiger partial charge in [0, 0.05) is 31.7 Å². The fourth-order valence-corrected chi connectivity index (χ4v) is 2.38. The highest BCUT2D eigenvalue weighted by atomic mass is 19.3. The van der Waals surface area contributed by atoms with Crippen LogP contribution >= 0.6 is 0 Å². The third-order valence-electron chi connectivity index (χ3n) is 3.64. The maximum atomic E-state index is 13.7. The van der Waals surface area contributed by atoms with E-state index in [2.05, 4.69) is 15.4 Å². The molecule has 0 saturated heterocycles. The van der Waals surface area contributed by atoms with Gasteiger partial charge in [-0.15, -0.1) is 0 Å². The number of fused-ring (bicyclic) bond motifs is 1. The third-order valence-corrected chi connectivity index (χ3v) is 3.64. The van der Waals surface area contributed by atoms with Crippen molar-refractivity contribution in [3.63, 3.8) is 0 Å². The summed E-state index contributed by atoms with van der Waals surface area (Å²) in [5.74, 6) is -1.78. The smallest absolute Gasteiger partial charge is 0.423 e. The summed E-state index contributed by atoms with van der Waals surface area (Å²) >= 11 is 0. The molecule has 124 valence electrons. The summed E-state index contributed by atoms with van der Waals surface area (Å²) in [5.41, 5.74) is 1.02. The summed E-state index contributed by atoms with van der Waals surface area (Å²) in [4.78, 5) is 23.8. The molecule has 1 aliphatic carbocycles. The maximum Gasteiger partial charge on any atom is 0.482 e. The van der Waals surface area contributed by atoms with Gasteiger partial charge in [0.25, 0.3) is 0 Å². The Kier molecular flexibility index (Phi) is 3.83. The van der Waals surface area contributed by atoms with Crippen molar-refractivity contribution in [3.05, 3.63) is 18.2 Å². The average molecular weight is 325 g/mol. The van der Waals surface area contributed by atoms with Crippen LogP contribution in [0.1, 0.15) is 19.8 Å². The third kappa shape index (κ3) is 3.35. The van der Waals surface area contributed by atoms with E-state index < -0.39 is 12.0 Å². The van der Waals surface area contributed by atoms with E-state index in [0.717, 1.165) is 23.4 Å². The standard InChI is InChI=1S/C15H17F2N3O3/c1-9(21)18-6-7-20-12-8-11(19-10-2-3-10)4-5-13(12)23-15(16,17)14(20)22/h4-5,8,10,19H,2-3,6-7H2,1H3,(H,18,21). The van der Waals surface area contributed by atoms with Crippen molar-refractivity contribution in [2.45, 2.75) is 31.9 Å². The number of rotatable bonds is 5. The minimum Gasteiger partial charge on any atom is -0.423 e. The van der Waals surface area contributed by atoms with Crippen LogP contribution in [-0.4, -0.2) is 37.1 Å². The van der Waals surface area contributed by atoms with E-state index in [1.807, 2.05) is 0 Å². The zero-order valence-corrected chi connectivity index (χ0v) is 12.6. The number of alkyl halides is 2.